The molecule has 57 heavy (non-hydrogen) atoms. The number of aromatic nitrogens is 3. The van der Waals surface area contributed by atoms with Crippen LogP contribution in [0.4, 0.5) is 0 Å². The van der Waals surface area contributed by atoms with E-state index < -0.39 is 0 Å². The van der Waals surface area contributed by atoms with Gasteiger partial charge in [0.05, 0.1) is 4.08 Å². The summed E-state index contributed by atoms with van der Waals surface area (Å²) < 4.78 is 27.0. The van der Waals surface area contributed by atoms with E-state index in [2.05, 4.69) is 124 Å². The monoisotopic (exact) mass is 809 g/mol. The lowest BCUT2D eigenvalue weighted by atomic mass is 9.77. The molecular weight excluding hydrogens is 747 g/mol. The van der Waals surface area contributed by atoms with E-state index in [1.807, 2.05) is 88.9 Å². The van der Waals surface area contributed by atoms with E-state index in [4.69, 9.17) is 18.9 Å². The molecule has 0 N–H and O–H groups in total. The first-order chi connectivity index (χ1) is 26.6. The summed E-state index contributed by atoms with van der Waals surface area (Å²) in [7, 11) is 0. The third kappa shape index (κ3) is 12.2. The van der Waals surface area contributed by atoms with Crippen molar-refractivity contribution < 1.29 is 18.9 Å². The Labute approximate surface area is 350 Å². The molecule has 0 unspecified atom stereocenters. The minimum atomic E-state index is -0.259. The zero-order valence-corrected chi connectivity index (χ0v) is 38.0. The van der Waals surface area contributed by atoms with Crippen molar-refractivity contribution in [2.45, 2.75) is 139 Å². The molecule has 0 fully saturated rings. The van der Waals surface area contributed by atoms with Crippen LogP contribution in [-0.2, 0) is 28.2 Å². The van der Waals surface area contributed by atoms with Gasteiger partial charge in [-0.05, 0) is 90.5 Å². The number of aryl methyl sites for hydroxylation is 1. The van der Waals surface area contributed by atoms with E-state index in [1.165, 1.54) is 20.9 Å². The number of para-hydroxylation sites is 2. The molecule has 1 heterocycles. The molecule has 0 aliphatic rings. The van der Waals surface area contributed by atoms with Crippen LogP contribution in [0.5, 0.6) is 23.0 Å². The molecule has 306 valence electrons. The van der Waals surface area contributed by atoms with Crippen LogP contribution < -0.4 is 18.9 Å². The van der Waals surface area contributed by atoms with Gasteiger partial charge in [-0.3, -0.25) is 4.68 Å². The Bertz CT molecular complexity index is 2010. The van der Waals surface area contributed by atoms with Gasteiger partial charge in [-0.2, -0.15) is 5.10 Å². The van der Waals surface area contributed by atoms with Gasteiger partial charge in [0.2, 0.25) is 13.6 Å². The minimum absolute atomic E-state index is 0.109. The van der Waals surface area contributed by atoms with E-state index in [9.17, 15) is 0 Å². The van der Waals surface area contributed by atoms with Gasteiger partial charge >= 0.3 is 0 Å². The maximum atomic E-state index is 6.66. The Morgan fingerprint density at radius 3 is 1.32 bits per heavy atom. The Kier molecular flexibility index (Phi) is 13.8. The maximum absolute atomic E-state index is 6.66. The smallest absolute Gasteiger partial charge is 0.230 e. The highest BCUT2D eigenvalue weighted by Gasteiger charge is 2.34. The molecule has 9 heteroatoms. The average molecular weight is 810 g/mol. The summed E-state index contributed by atoms with van der Waals surface area (Å²) >= 11 is 3.77. The van der Waals surface area contributed by atoms with Crippen molar-refractivity contribution in [3.05, 3.63) is 120 Å². The zero-order valence-electron chi connectivity index (χ0n) is 36.4. The first-order valence-corrected chi connectivity index (χ1v) is 21.5. The average Bonchev–Trinajstić information content (AvgIpc) is 3.65. The van der Waals surface area contributed by atoms with Crippen molar-refractivity contribution in [2.75, 3.05) is 13.6 Å². The van der Waals surface area contributed by atoms with Crippen LogP contribution in [0.2, 0.25) is 0 Å². The predicted octanol–water partition coefficient (Wildman–Crippen LogP) is 13.0. The molecule has 0 aliphatic carbocycles. The number of hydrogen-bond acceptors (Lipinski definition) is 8. The molecule has 4 aromatic carbocycles. The van der Waals surface area contributed by atoms with Gasteiger partial charge in [-0.1, -0.05) is 113 Å². The number of hydrogen-bond donors (Lipinski definition) is 0. The third-order valence-corrected chi connectivity index (χ3v) is 12.2. The van der Waals surface area contributed by atoms with Crippen LogP contribution in [0, 0.1) is 0 Å². The van der Waals surface area contributed by atoms with E-state index >= 15 is 0 Å². The van der Waals surface area contributed by atoms with Crippen molar-refractivity contribution in [1.29, 1.82) is 0 Å². The number of thioether (sulfide) groups is 2. The van der Waals surface area contributed by atoms with Crippen LogP contribution in [0.15, 0.2) is 107 Å². The quantitative estimate of drug-likeness (QED) is 0.0721. The fraction of sp³-hybridized carbons (Fsp3) is 0.458. The summed E-state index contributed by atoms with van der Waals surface area (Å²) in [4.78, 5) is 6.58. The highest BCUT2D eigenvalue weighted by atomic mass is 32.2. The lowest BCUT2D eigenvalue weighted by molar-refractivity contribution is 0.115. The first-order valence-electron chi connectivity index (χ1n) is 19.8. The molecule has 0 spiro atoms. The van der Waals surface area contributed by atoms with E-state index in [0.717, 1.165) is 47.1 Å². The maximum Gasteiger partial charge on any atom is 0.230 e. The molecule has 0 saturated heterocycles. The van der Waals surface area contributed by atoms with Gasteiger partial charge in [0, 0.05) is 38.6 Å². The van der Waals surface area contributed by atoms with Gasteiger partial charge in [0.15, 0.2) is 0 Å². The first kappa shape index (κ1) is 44.0. The molecule has 0 radical (unpaired) electrons. The SMILES string of the molecule is CC(C)(Sc1cc(C(C)(C)C)c(OCOc2ccccc2)c(C(C)(C)C)c1)Sc1cc(C(C)(C)C)c(OCOc2ccccc2)c(C(C)(C)CCn2cncn2)c1. The van der Waals surface area contributed by atoms with Crippen LogP contribution in [0.25, 0.3) is 0 Å². The summed E-state index contributed by atoms with van der Waals surface area (Å²) in [5.74, 6) is 3.35. The fourth-order valence-electron chi connectivity index (χ4n) is 6.62. The molecule has 0 aliphatic heterocycles. The summed E-state index contributed by atoms with van der Waals surface area (Å²) in [6, 6.07) is 29.0. The van der Waals surface area contributed by atoms with E-state index in [-0.39, 0.29) is 39.3 Å². The van der Waals surface area contributed by atoms with Crippen molar-refractivity contribution >= 4 is 23.5 Å². The van der Waals surface area contributed by atoms with Gasteiger partial charge in [0.25, 0.3) is 0 Å². The second-order valence-corrected chi connectivity index (χ2v) is 22.4. The largest absolute Gasteiger partial charge is 0.458 e. The lowest BCUT2D eigenvalue weighted by Crippen LogP contribution is -2.25. The van der Waals surface area contributed by atoms with E-state index in [0.29, 0.717) is 0 Å². The summed E-state index contributed by atoms with van der Waals surface area (Å²) in [6.45, 7) is 30.5. The third-order valence-electron chi connectivity index (χ3n) is 9.78. The number of ether oxygens (including phenoxy) is 4. The van der Waals surface area contributed by atoms with Crippen LogP contribution >= 0.6 is 23.5 Å². The standard InChI is InChI=1S/C48H63N3O4S2/c1-44(2,3)38-26-36(27-39(45(4,5)6)42(38)54-32-52-34-20-16-14-17-21-34)56-48(12,13)57-37-28-40(46(7,8)9)43(55-33-53-35-22-18-15-19-23-35)41(29-37)47(10,11)24-25-51-31-49-30-50-51/h14-23,26-31H,24-25,32-33H2,1-13H3. The van der Waals surface area contributed by atoms with Crippen molar-refractivity contribution in [3.63, 3.8) is 0 Å². The van der Waals surface area contributed by atoms with Crippen molar-refractivity contribution in [2.24, 2.45) is 0 Å². The van der Waals surface area contributed by atoms with Gasteiger partial charge in [-0.25, -0.2) is 4.98 Å². The molecular formula is C48H63N3O4S2. The minimum Gasteiger partial charge on any atom is -0.458 e. The molecule has 1 aromatic heterocycles. The second kappa shape index (κ2) is 17.8. The van der Waals surface area contributed by atoms with Gasteiger partial charge < -0.3 is 18.9 Å². The van der Waals surface area contributed by atoms with Gasteiger partial charge in [0.1, 0.15) is 35.7 Å². The Morgan fingerprint density at radius 2 is 0.930 bits per heavy atom. The normalized spacial score (nSPS) is 12.7. The second-order valence-electron chi connectivity index (χ2n) is 18.8. The van der Waals surface area contributed by atoms with Crippen molar-refractivity contribution in [3.8, 4) is 23.0 Å². The summed E-state index contributed by atoms with van der Waals surface area (Å²) in [6.07, 6.45) is 4.21. The number of nitrogens with zero attached hydrogens (tertiary/aromatic N) is 3. The molecule has 5 rings (SSSR count). The molecule has 0 saturated carbocycles. The summed E-state index contributed by atoms with van der Waals surface area (Å²) in [5, 5.41) is 4.39. The van der Waals surface area contributed by atoms with Crippen LogP contribution in [0.1, 0.15) is 119 Å². The molecule has 0 amide bonds. The van der Waals surface area contributed by atoms with Gasteiger partial charge in [-0.15, -0.1) is 23.5 Å². The number of benzene rings is 4. The summed E-state index contributed by atoms with van der Waals surface area (Å²) in [5.41, 5.74) is 3.86. The highest BCUT2D eigenvalue weighted by Crippen LogP contribution is 2.51. The van der Waals surface area contributed by atoms with Crippen molar-refractivity contribution in [1.82, 2.24) is 14.8 Å². The van der Waals surface area contributed by atoms with Crippen LogP contribution in [-0.4, -0.2) is 32.4 Å². The fourth-order valence-corrected chi connectivity index (χ4v) is 9.21. The Morgan fingerprint density at radius 1 is 0.526 bits per heavy atom. The highest BCUT2D eigenvalue weighted by molar-refractivity contribution is 8.18. The molecule has 7 nitrogen and oxygen atoms in total. The topological polar surface area (TPSA) is 67.6 Å². The number of rotatable bonds is 16. The molecule has 0 atom stereocenters. The molecule has 0 bridgehead atoms. The lowest BCUT2D eigenvalue weighted by Gasteiger charge is -2.34. The molecule has 5 aromatic rings. The van der Waals surface area contributed by atoms with Crippen LogP contribution in [0.3, 0.4) is 0 Å². The Hall–Kier alpha value is -4.08. The predicted molar refractivity (Wildman–Crippen MR) is 238 cm³/mol. The van der Waals surface area contributed by atoms with E-state index in [1.54, 1.807) is 12.7 Å². The Balaban J connectivity index is 1.50. The zero-order chi connectivity index (χ0) is 41.6.